The summed E-state index contributed by atoms with van der Waals surface area (Å²) in [7, 11) is 0. The SMILES string of the molecule is CC(C)C(CCO)NC(=O)Nc1cc(Cl)ccc1F. The number of rotatable bonds is 5. The zero-order chi connectivity index (χ0) is 14.4. The Kier molecular flexibility index (Phi) is 6.05. The molecule has 0 aliphatic carbocycles. The maximum absolute atomic E-state index is 13.4. The van der Waals surface area contributed by atoms with E-state index in [1.165, 1.54) is 18.2 Å². The van der Waals surface area contributed by atoms with E-state index in [2.05, 4.69) is 10.6 Å². The lowest BCUT2D eigenvalue weighted by Crippen LogP contribution is -2.41. The van der Waals surface area contributed by atoms with Crippen molar-refractivity contribution in [3.05, 3.63) is 29.0 Å². The maximum atomic E-state index is 13.4. The third-order valence-electron chi connectivity index (χ3n) is 2.74. The average molecular weight is 289 g/mol. The number of hydrogen-bond donors (Lipinski definition) is 3. The van der Waals surface area contributed by atoms with Crippen molar-refractivity contribution in [3.8, 4) is 0 Å². The fourth-order valence-corrected chi connectivity index (χ4v) is 1.80. The Morgan fingerprint density at radius 1 is 1.47 bits per heavy atom. The van der Waals surface area contributed by atoms with Crippen molar-refractivity contribution in [2.45, 2.75) is 26.3 Å². The molecule has 0 bridgehead atoms. The Labute approximate surface area is 117 Å². The third-order valence-corrected chi connectivity index (χ3v) is 2.97. The van der Waals surface area contributed by atoms with Crippen LogP contribution in [-0.4, -0.2) is 23.8 Å². The summed E-state index contributed by atoms with van der Waals surface area (Å²) in [5.41, 5.74) is 0.0245. The van der Waals surface area contributed by atoms with Gasteiger partial charge in [-0.15, -0.1) is 0 Å². The van der Waals surface area contributed by atoms with Crippen LogP contribution in [0.3, 0.4) is 0 Å². The number of anilines is 1. The van der Waals surface area contributed by atoms with Gasteiger partial charge in [0.25, 0.3) is 0 Å². The van der Waals surface area contributed by atoms with Gasteiger partial charge in [-0.25, -0.2) is 9.18 Å². The Morgan fingerprint density at radius 3 is 2.74 bits per heavy atom. The van der Waals surface area contributed by atoms with Crippen LogP contribution in [0.5, 0.6) is 0 Å². The number of benzene rings is 1. The van der Waals surface area contributed by atoms with E-state index in [-0.39, 0.29) is 24.3 Å². The van der Waals surface area contributed by atoms with Crippen LogP contribution in [0.15, 0.2) is 18.2 Å². The number of hydrogen-bond acceptors (Lipinski definition) is 2. The molecule has 0 aliphatic rings. The summed E-state index contributed by atoms with van der Waals surface area (Å²) in [6, 6.07) is 3.24. The lowest BCUT2D eigenvalue weighted by molar-refractivity contribution is 0.227. The Hall–Kier alpha value is -1.33. The molecule has 0 saturated heterocycles. The Balaban J connectivity index is 2.66. The highest BCUT2D eigenvalue weighted by atomic mass is 35.5. The summed E-state index contributed by atoms with van der Waals surface area (Å²) < 4.78 is 13.4. The fourth-order valence-electron chi connectivity index (χ4n) is 1.63. The van der Waals surface area contributed by atoms with E-state index < -0.39 is 11.8 Å². The molecule has 0 saturated carbocycles. The number of aliphatic hydroxyl groups is 1. The van der Waals surface area contributed by atoms with Gasteiger partial charge in [-0.05, 0) is 30.5 Å². The van der Waals surface area contributed by atoms with E-state index in [1.54, 1.807) is 0 Å². The predicted molar refractivity (Wildman–Crippen MR) is 73.9 cm³/mol. The highest BCUT2D eigenvalue weighted by Gasteiger charge is 2.16. The number of halogens is 2. The van der Waals surface area contributed by atoms with Gasteiger partial charge in [0, 0.05) is 17.7 Å². The second-order valence-electron chi connectivity index (χ2n) is 4.59. The summed E-state index contributed by atoms with van der Waals surface area (Å²) >= 11 is 5.73. The molecule has 1 aromatic rings. The number of amides is 2. The zero-order valence-corrected chi connectivity index (χ0v) is 11.7. The van der Waals surface area contributed by atoms with Crippen LogP contribution in [0.1, 0.15) is 20.3 Å². The van der Waals surface area contributed by atoms with Crippen molar-refractivity contribution in [2.24, 2.45) is 5.92 Å². The lowest BCUT2D eigenvalue weighted by atomic mass is 10.0. The second-order valence-corrected chi connectivity index (χ2v) is 5.02. The summed E-state index contributed by atoms with van der Waals surface area (Å²) in [5.74, 6) is -0.384. The summed E-state index contributed by atoms with van der Waals surface area (Å²) in [6.07, 6.45) is 0.448. The second kappa shape index (κ2) is 7.31. The normalized spacial score (nSPS) is 12.3. The first-order valence-corrected chi connectivity index (χ1v) is 6.45. The molecular formula is C13H18ClFN2O2. The molecule has 106 valence electrons. The van der Waals surface area contributed by atoms with Gasteiger partial charge in [-0.2, -0.15) is 0 Å². The maximum Gasteiger partial charge on any atom is 0.319 e. The first kappa shape index (κ1) is 15.7. The van der Waals surface area contributed by atoms with E-state index in [4.69, 9.17) is 16.7 Å². The molecule has 6 heteroatoms. The highest BCUT2D eigenvalue weighted by molar-refractivity contribution is 6.30. The molecule has 1 unspecified atom stereocenters. The van der Waals surface area contributed by atoms with Crippen molar-refractivity contribution < 1.29 is 14.3 Å². The van der Waals surface area contributed by atoms with Crippen molar-refractivity contribution in [1.82, 2.24) is 5.32 Å². The number of aliphatic hydroxyl groups excluding tert-OH is 1. The van der Waals surface area contributed by atoms with Crippen molar-refractivity contribution in [2.75, 3.05) is 11.9 Å². The minimum Gasteiger partial charge on any atom is -0.396 e. The van der Waals surface area contributed by atoms with Gasteiger partial charge < -0.3 is 15.7 Å². The van der Waals surface area contributed by atoms with E-state index >= 15 is 0 Å². The van der Waals surface area contributed by atoms with E-state index in [0.717, 1.165) is 0 Å². The van der Waals surface area contributed by atoms with Gasteiger partial charge in [0.15, 0.2) is 0 Å². The average Bonchev–Trinajstić information content (AvgIpc) is 2.33. The van der Waals surface area contributed by atoms with Gasteiger partial charge in [0.05, 0.1) is 5.69 Å². The van der Waals surface area contributed by atoms with E-state index in [9.17, 15) is 9.18 Å². The quantitative estimate of drug-likeness (QED) is 0.780. The first-order valence-electron chi connectivity index (χ1n) is 6.07. The third kappa shape index (κ3) is 5.04. The minimum atomic E-state index is -0.553. The monoisotopic (exact) mass is 288 g/mol. The van der Waals surface area contributed by atoms with E-state index in [0.29, 0.717) is 11.4 Å². The number of carbonyl (C=O) groups excluding carboxylic acids is 1. The van der Waals surface area contributed by atoms with Crippen molar-refractivity contribution in [3.63, 3.8) is 0 Å². The molecule has 3 N–H and O–H groups in total. The molecule has 1 atom stereocenters. The largest absolute Gasteiger partial charge is 0.396 e. The Bertz CT molecular complexity index is 441. The molecule has 0 aliphatic heterocycles. The molecule has 0 radical (unpaired) electrons. The van der Waals surface area contributed by atoms with Crippen LogP contribution in [0.2, 0.25) is 5.02 Å². The zero-order valence-electron chi connectivity index (χ0n) is 10.9. The van der Waals surface area contributed by atoms with Gasteiger partial charge in [-0.3, -0.25) is 0 Å². The lowest BCUT2D eigenvalue weighted by Gasteiger charge is -2.21. The van der Waals surface area contributed by atoms with Gasteiger partial charge in [0.1, 0.15) is 5.82 Å². The molecular weight excluding hydrogens is 271 g/mol. The van der Waals surface area contributed by atoms with Gasteiger partial charge in [-0.1, -0.05) is 25.4 Å². The smallest absolute Gasteiger partial charge is 0.319 e. The first-order chi connectivity index (χ1) is 8.93. The molecule has 2 amide bonds. The standard InChI is InChI=1S/C13H18ClFN2O2/c1-8(2)11(5-6-18)16-13(19)17-12-7-9(14)3-4-10(12)15/h3-4,7-8,11,18H,5-6H2,1-2H3,(H2,16,17,19). The predicted octanol–water partition coefficient (Wildman–Crippen LogP) is 3.01. The molecule has 0 spiro atoms. The van der Waals surface area contributed by atoms with Crippen LogP contribution in [0, 0.1) is 11.7 Å². The van der Waals surface area contributed by atoms with Crippen molar-refractivity contribution in [1.29, 1.82) is 0 Å². The molecule has 4 nitrogen and oxygen atoms in total. The van der Waals surface area contributed by atoms with E-state index in [1.807, 2.05) is 13.8 Å². The molecule has 0 heterocycles. The van der Waals surface area contributed by atoms with Crippen molar-refractivity contribution >= 4 is 23.3 Å². The van der Waals surface area contributed by atoms with Crippen LogP contribution >= 0.6 is 11.6 Å². The Morgan fingerprint density at radius 2 is 2.16 bits per heavy atom. The number of nitrogens with one attached hydrogen (secondary N) is 2. The fraction of sp³-hybridized carbons (Fsp3) is 0.462. The molecule has 0 fully saturated rings. The van der Waals surface area contributed by atoms with Crippen LogP contribution in [0.25, 0.3) is 0 Å². The van der Waals surface area contributed by atoms with Crippen LogP contribution in [-0.2, 0) is 0 Å². The number of urea groups is 1. The molecule has 19 heavy (non-hydrogen) atoms. The number of carbonyl (C=O) groups is 1. The summed E-state index contributed by atoms with van der Waals surface area (Å²) in [5, 5.41) is 14.4. The molecule has 1 aromatic carbocycles. The molecule has 0 aromatic heterocycles. The summed E-state index contributed by atoms with van der Waals surface area (Å²) in [6.45, 7) is 3.84. The van der Waals surface area contributed by atoms with Gasteiger partial charge >= 0.3 is 6.03 Å². The minimum absolute atomic E-state index is 0.0192. The molecule has 1 rings (SSSR count). The van der Waals surface area contributed by atoms with Crippen LogP contribution < -0.4 is 10.6 Å². The highest BCUT2D eigenvalue weighted by Crippen LogP contribution is 2.19. The topological polar surface area (TPSA) is 61.4 Å². The summed E-state index contributed by atoms with van der Waals surface area (Å²) in [4.78, 5) is 11.8. The van der Waals surface area contributed by atoms with Gasteiger partial charge in [0.2, 0.25) is 0 Å². The van der Waals surface area contributed by atoms with Crippen LogP contribution in [0.4, 0.5) is 14.9 Å².